The van der Waals surface area contributed by atoms with Crippen LogP contribution in [0.3, 0.4) is 0 Å². The molecule has 0 bridgehead atoms. The molecule has 1 aliphatic rings. The Morgan fingerprint density at radius 3 is 2.67 bits per heavy atom. The lowest BCUT2D eigenvalue weighted by Crippen LogP contribution is -2.24. The molecular weight excluding hydrogens is 248 g/mol. The van der Waals surface area contributed by atoms with E-state index in [0.29, 0.717) is 5.82 Å². The molecule has 1 heterocycles. The lowest BCUT2D eigenvalue weighted by atomic mass is 9.89. The Kier molecular flexibility index (Phi) is 3.61. The summed E-state index contributed by atoms with van der Waals surface area (Å²) in [7, 11) is -3.22. The van der Waals surface area contributed by atoms with Crippen molar-refractivity contribution in [1.82, 2.24) is 4.98 Å². The van der Waals surface area contributed by atoms with Gasteiger partial charge in [-0.1, -0.05) is 19.8 Å². The second kappa shape index (κ2) is 4.88. The Hall–Kier alpha value is -1.10. The third-order valence-corrected chi connectivity index (χ3v) is 4.79. The summed E-state index contributed by atoms with van der Waals surface area (Å²) >= 11 is 0. The molecular formula is C13H20N2O2S. The zero-order chi connectivity index (χ0) is 13.2. The second-order valence-electron chi connectivity index (χ2n) is 5.49. The van der Waals surface area contributed by atoms with E-state index in [-0.39, 0.29) is 10.3 Å². The van der Waals surface area contributed by atoms with Gasteiger partial charge >= 0.3 is 0 Å². The van der Waals surface area contributed by atoms with E-state index in [1.807, 2.05) is 0 Å². The van der Waals surface area contributed by atoms with Crippen molar-refractivity contribution in [2.75, 3.05) is 18.1 Å². The molecule has 0 radical (unpaired) electrons. The van der Waals surface area contributed by atoms with Crippen LogP contribution in [0.4, 0.5) is 5.82 Å². The number of nitrogens with zero attached hydrogens (tertiary/aromatic N) is 1. The minimum Gasteiger partial charge on any atom is -0.368 e. The van der Waals surface area contributed by atoms with Gasteiger partial charge in [-0.05, 0) is 30.4 Å². The molecule has 1 aromatic heterocycles. The molecule has 0 aromatic carbocycles. The zero-order valence-corrected chi connectivity index (χ0v) is 11.8. The van der Waals surface area contributed by atoms with Crippen LogP contribution in [-0.2, 0) is 9.84 Å². The van der Waals surface area contributed by atoms with Crippen LogP contribution in [0.5, 0.6) is 0 Å². The molecule has 1 saturated carbocycles. The highest BCUT2D eigenvalue weighted by atomic mass is 32.2. The van der Waals surface area contributed by atoms with Crippen LogP contribution in [0.1, 0.15) is 32.6 Å². The van der Waals surface area contributed by atoms with E-state index < -0.39 is 9.84 Å². The van der Waals surface area contributed by atoms with Crippen molar-refractivity contribution in [3.8, 4) is 0 Å². The number of pyridine rings is 1. The number of sulfone groups is 1. The molecule has 18 heavy (non-hydrogen) atoms. The molecule has 0 unspecified atom stereocenters. The highest BCUT2D eigenvalue weighted by Gasteiger charge is 2.28. The highest BCUT2D eigenvalue weighted by molar-refractivity contribution is 7.90. The van der Waals surface area contributed by atoms with E-state index in [0.717, 1.165) is 6.54 Å². The van der Waals surface area contributed by atoms with Crippen LogP contribution < -0.4 is 5.32 Å². The molecule has 1 aliphatic carbocycles. The first kappa shape index (κ1) is 13.3. The van der Waals surface area contributed by atoms with E-state index in [1.165, 1.54) is 31.9 Å². The summed E-state index contributed by atoms with van der Waals surface area (Å²) in [5, 5.41) is 3.21. The van der Waals surface area contributed by atoms with Crippen LogP contribution in [-0.4, -0.2) is 26.2 Å². The van der Waals surface area contributed by atoms with Gasteiger partial charge in [-0.15, -0.1) is 0 Å². The summed E-state index contributed by atoms with van der Waals surface area (Å²) in [6, 6.07) is 3.25. The predicted octanol–water partition coefficient (Wildman–Crippen LogP) is 2.48. The molecule has 1 fully saturated rings. The van der Waals surface area contributed by atoms with Gasteiger partial charge in [-0.2, -0.15) is 0 Å². The second-order valence-corrected chi connectivity index (χ2v) is 7.48. The Bertz CT molecular complexity index is 520. The SMILES string of the molecule is CC1(CNc2ncccc2S(C)(=O)=O)CCCC1. The van der Waals surface area contributed by atoms with Crippen LogP contribution >= 0.6 is 0 Å². The predicted molar refractivity (Wildman–Crippen MR) is 72.4 cm³/mol. The molecule has 1 N–H and O–H groups in total. The van der Waals surface area contributed by atoms with Crippen LogP contribution in [0.25, 0.3) is 0 Å². The summed E-state index contributed by atoms with van der Waals surface area (Å²) < 4.78 is 23.3. The number of aromatic nitrogens is 1. The van der Waals surface area contributed by atoms with E-state index in [1.54, 1.807) is 18.3 Å². The van der Waals surface area contributed by atoms with Crippen molar-refractivity contribution in [2.24, 2.45) is 5.41 Å². The fourth-order valence-corrected chi connectivity index (χ4v) is 3.33. The van der Waals surface area contributed by atoms with Crippen LogP contribution in [0.2, 0.25) is 0 Å². The summed E-state index contributed by atoms with van der Waals surface area (Å²) in [5.74, 6) is 0.480. The largest absolute Gasteiger partial charge is 0.368 e. The lowest BCUT2D eigenvalue weighted by molar-refractivity contribution is 0.361. The molecule has 5 heteroatoms. The van der Waals surface area contributed by atoms with E-state index in [9.17, 15) is 8.42 Å². The Morgan fingerprint density at radius 1 is 1.39 bits per heavy atom. The monoisotopic (exact) mass is 268 g/mol. The minimum absolute atomic E-state index is 0.270. The topological polar surface area (TPSA) is 59.1 Å². The van der Waals surface area contributed by atoms with E-state index >= 15 is 0 Å². The molecule has 0 spiro atoms. The fourth-order valence-electron chi connectivity index (χ4n) is 2.52. The summed E-state index contributed by atoms with van der Waals surface area (Å²) in [6.07, 6.45) is 7.75. The third kappa shape index (κ3) is 3.02. The van der Waals surface area contributed by atoms with Crippen LogP contribution in [0, 0.1) is 5.41 Å². The van der Waals surface area contributed by atoms with Crippen molar-refractivity contribution in [3.05, 3.63) is 18.3 Å². The quantitative estimate of drug-likeness (QED) is 0.911. The van der Waals surface area contributed by atoms with Gasteiger partial charge in [0.2, 0.25) is 0 Å². The molecule has 0 aliphatic heterocycles. The molecule has 0 saturated heterocycles. The lowest BCUT2D eigenvalue weighted by Gasteiger charge is -2.24. The van der Waals surface area contributed by atoms with Gasteiger partial charge in [0.05, 0.1) is 0 Å². The number of hydrogen-bond acceptors (Lipinski definition) is 4. The molecule has 0 atom stereocenters. The summed E-state index contributed by atoms with van der Waals surface area (Å²) in [4.78, 5) is 4.43. The zero-order valence-electron chi connectivity index (χ0n) is 10.9. The molecule has 4 nitrogen and oxygen atoms in total. The van der Waals surface area contributed by atoms with Crippen molar-refractivity contribution in [1.29, 1.82) is 0 Å². The number of nitrogens with one attached hydrogen (secondary N) is 1. The van der Waals surface area contributed by atoms with Gasteiger partial charge in [0.1, 0.15) is 10.7 Å². The number of rotatable bonds is 4. The fraction of sp³-hybridized carbons (Fsp3) is 0.615. The van der Waals surface area contributed by atoms with Gasteiger partial charge in [0, 0.05) is 19.0 Å². The third-order valence-electron chi connectivity index (χ3n) is 3.66. The normalized spacial score (nSPS) is 18.8. The first-order chi connectivity index (χ1) is 8.41. The molecule has 1 aromatic rings. The Balaban J connectivity index is 2.15. The number of hydrogen-bond donors (Lipinski definition) is 1. The van der Waals surface area contributed by atoms with Gasteiger partial charge in [0.15, 0.2) is 9.84 Å². The maximum absolute atomic E-state index is 11.6. The summed E-state index contributed by atoms with van der Waals surface area (Å²) in [5.41, 5.74) is 0.270. The van der Waals surface area contributed by atoms with Gasteiger partial charge in [-0.25, -0.2) is 13.4 Å². The number of anilines is 1. The van der Waals surface area contributed by atoms with Crippen molar-refractivity contribution >= 4 is 15.7 Å². The van der Waals surface area contributed by atoms with Gasteiger partial charge in [0.25, 0.3) is 0 Å². The maximum atomic E-state index is 11.6. The molecule has 2 rings (SSSR count). The van der Waals surface area contributed by atoms with Crippen LogP contribution in [0.15, 0.2) is 23.2 Å². The van der Waals surface area contributed by atoms with E-state index in [4.69, 9.17) is 0 Å². The average Bonchev–Trinajstić information content (AvgIpc) is 2.73. The Labute approximate surface area is 109 Å². The van der Waals surface area contributed by atoms with Crippen molar-refractivity contribution in [3.63, 3.8) is 0 Å². The maximum Gasteiger partial charge on any atom is 0.179 e. The average molecular weight is 268 g/mol. The molecule has 0 amide bonds. The van der Waals surface area contributed by atoms with Crippen molar-refractivity contribution < 1.29 is 8.42 Å². The minimum atomic E-state index is -3.22. The van der Waals surface area contributed by atoms with E-state index in [2.05, 4.69) is 17.2 Å². The summed E-state index contributed by atoms with van der Waals surface area (Å²) in [6.45, 7) is 3.03. The smallest absolute Gasteiger partial charge is 0.179 e. The standard InChI is InChI=1S/C13H20N2O2S/c1-13(7-3-4-8-13)10-15-12-11(18(2,16)17)6-5-9-14-12/h5-6,9H,3-4,7-8,10H2,1-2H3,(H,14,15). The molecule has 100 valence electrons. The first-order valence-electron chi connectivity index (χ1n) is 6.30. The first-order valence-corrected chi connectivity index (χ1v) is 8.19. The van der Waals surface area contributed by atoms with Crippen molar-refractivity contribution in [2.45, 2.75) is 37.5 Å². The Morgan fingerprint density at radius 2 is 2.06 bits per heavy atom. The highest BCUT2D eigenvalue weighted by Crippen LogP contribution is 2.37. The van der Waals surface area contributed by atoms with Gasteiger partial charge in [-0.3, -0.25) is 0 Å². The van der Waals surface area contributed by atoms with Gasteiger partial charge < -0.3 is 5.32 Å².